The van der Waals surface area contributed by atoms with Gasteiger partial charge in [0.05, 0.1) is 19.1 Å². The summed E-state index contributed by atoms with van der Waals surface area (Å²) in [5.74, 6) is -0.654. The average molecular weight is 410 g/mol. The lowest BCUT2D eigenvalue weighted by molar-refractivity contribution is -0.160. The van der Waals surface area contributed by atoms with E-state index in [-0.39, 0.29) is 30.7 Å². The van der Waals surface area contributed by atoms with Crippen LogP contribution in [0.1, 0.15) is 44.6 Å². The highest BCUT2D eigenvalue weighted by Crippen LogP contribution is 2.36. The number of likely N-dealkylation sites (tertiary alicyclic amines) is 1. The summed E-state index contributed by atoms with van der Waals surface area (Å²) < 4.78 is 9.98. The summed E-state index contributed by atoms with van der Waals surface area (Å²) in [6, 6.07) is 7.43. The van der Waals surface area contributed by atoms with E-state index in [2.05, 4.69) is 4.74 Å². The molecule has 7 heteroatoms. The van der Waals surface area contributed by atoms with Gasteiger partial charge in [-0.05, 0) is 50.3 Å². The fraction of sp³-hybridized carbons (Fsp3) is 0.571. The van der Waals surface area contributed by atoms with E-state index in [1.165, 1.54) is 7.11 Å². The van der Waals surface area contributed by atoms with Crippen LogP contribution in [0.2, 0.25) is 5.02 Å². The number of carbonyl (C=O) groups excluding carboxylic acids is 3. The summed E-state index contributed by atoms with van der Waals surface area (Å²) in [5, 5.41) is 0.614. The average Bonchev–Trinajstić information content (AvgIpc) is 2.68. The maximum absolute atomic E-state index is 12.9. The first-order valence-corrected chi connectivity index (χ1v) is 10.0. The molecule has 0 N–H and O–H groups in total. The van der Waals surface area contributed by atoms with E-state index in [1.807, 2.05) is 18.2 Å². The van der Waals surface area contributed by atoms with Crippen molar-refractivity contribution in [3.63, 3.8) is 0 Å². The quantitative estimate of drug-likeness (QED) is 0.615. The van der Waals surface area contributed by atoms with Gasteiger partial charge in [0, 0.05) is 31.0 Å². The van der Waals surface area contributed by atoms with Crippen LogP contribution in [0.25, 0.3) is 0 Å². The molecule has 6 nitrogen and oxygen atoms in total. The number of ether oxygens (including phenoxy) is 2. The van der Waals surface area contributed by atoms with E-state index in [9.17, 15) is 14.4 Å². The molecule has 28 heavy (non-hydrogen) atoms. The van der Waals surface area contributed by atoms with Crippen molar-refractivity contribution < 1.29 is 23.9 Å². The molecule has 2 rings (SSSR count). The molecule has 0 saturated carbocycles. The number of rotatable bonds is 8. The Labute approximate surface area is 171 Å². The molecule has 1 aliphatic rings. The molecule has 1 saturated heterocycles. The summed E-state index contributed by atoms with van der Waals surface area (Å²) >= 11 is 6.10. The first kappa shape index (κ1) is 22.2. The van der Waals surface area contributed by atoms with Crippen LogP contribution in [-0.2, 0) is 30.3 Å². The van der Waals surface area contributed by atoms with Gasteiger partial charge in [0.15, 0.2) is 0 Å². The van der Waals surface area contributed by atoms with Crippen molar-refractivity contribution in [1.29, 1.82) is 0 Å². The fourth-order valence-electron chi connectivity index (χ4n) is 3.69. The number of hydrogen-bond donors (Lipinski definition) is 0. The number of carbonyl (C=O) groups is 3. The van der Waals surface area contributed by atoms with Crippen molar-refractivity contribution in [3.8, 4) is 0 Å². The standard InChI is InChI=1S/C21H28ClNO5/c1-3-28-20(26)21(14-16-7-4-8-17(22)13-16)11-6-12-23(15-21)18(24)9-5-10-19(25)27-2/h4,7-8,13H,3,5-6,9-12,14-15H2,1-2H3/t21-/m0/s1. The highest BCUT2D eigenvalue weighted by Gasteiger charge is 2.44. The van der Waals surface area contributed by atoms with Crippen molar-refractivity contribution in [2.24, 2.45) is 5.41 Å². The lowest BCUT2D eigenvalue weighted by Crippen LogP contribution is -2.51. The number of halogens is 1. The molecule has 0 unspecified atom stereocenters. The smallest absolute Gasteiger partial charge is 0.314 e. The van der Waals surface area contributed by atoms with E-state index in [0.717, 1.165) is 12.0 Å². The zero-order valence-electron chi connectivity index (χ0n) is 16.5. The molecule has 0 aromatic heterocycles. The van der Waals surface area contributed by atoms with Crippen molar-refractivity contribution >= 4 is 29.4 Å². The Bertz CT molecular complexity index is 708. The summed E-state index contributed by atoms with van der Waals surface area (Å²) in [4.78, 5) is 38.5. The van der Waals surface area contributed by atoms with Crippen LogP contribution in [0.4, 0.5) is 0 Å². The first-order valence-electron chi connectivity index (χ1n) is 9.66. The Morgan fingerprint density at radius 1 is 1.25 bits per heavy atom. The Hall–Kier alpha value is -2.08. The SMILES string of the molecule is CCOC(=O)[C@]1(Cc2cccc(Cl)c2)CCCN(C(=O)CCCC(=O)OC)C1. The van der Waals surface area contributed by atoms with Crippen molar-refractivity contribution in [3.05, 3.63) is 34.9 Å². The molecule has 1 atom stereocenters. The lowest BCUT2D eigenvalue weighted by atomic mass is 9.75. The van der Waals surface area contributed by atoms with Gasteiger partial charge in [-0.3, -0.25) is 14.4 Å². The molecule has 0 bridgehead atoms. The van der Waals surface area contributed by atoms with Crippen molar-refractivity contribution in [1.82, 2.24) is 4.90 Å². The minimum absolute atomic E-state index is 0.0524. The third kappa shape index (κ3) is 5.96. The maximum atomic E-state index is 12.9. The molecule has 0 radical (unpaired) electrons. The zero-order chi connectivity index (χ0) is 20.6. The number of methoxy groups -OCH3 is 1. The van der Waals surface area contributed by atoms with E-state index in [0.29, 0.717) is 44.0 Å². The fourth-order valence-corrected chi connectivity index (χ4v) is 3.91. The third-order valence-corrected chi connectivity index (χ3v) is 5.30. The van der Waals surface area contributed by atoms with E-state index in [4.69, 9.17) is 16.3 Å². The van der Waals surface area contributed by atoms with Crippen LogP contribution in [0.3, 0.4) is 0 Å². The highest BCUT2D eigenvalue weighted by atomic mass is 35.5. The molecular formula is C21H28ClNO5. The molecule has 0 aliphatic carbocycles. The largest absolute Gasteiger partial charge is 0.469 e. The first-order chi connectivity index (χ1) is 13.4. The van der Waals surface area contributed by atoms with Crippen LogP contribution in [0.15, 0.2) is 24.3 Å². The normalized spacial score (nSPS) is 19.2. The second-order valence-electron chi connectivity index (χ2n) is 7.16. The molecule has 1 heterocycles. The van der Waals surface area contributed by atoms with E-state index < -0.39 is 5.41 Å². The molecule has 1 aromatic carbocycles. The van der Waals surface area contributed by atoms with Gasteiger partial charge in [0.1, 0.15) is 0 Å². The number of benzene rings is 1. The second kappa shape index (κ2) is 10.5. The van der Waals surface area contributed by atoms with Crippen LogP contribution in [0.5, 0.6) is 0 Å². The number of piperidine rings is 1. The Morgan fingerprint density at radius 3 is 2.71 bits per heavy atom. The Kier molecular flexibility index (Phi) is 8.30. The van der Waals surface area contributed by atoms with Crippen LogP contribution in [-0.4, -0.2) is 49.6 Å². The number of esters is 2. The maximum Gasteiger partial charge on any atom is 0.314 e. The van der Waals surface area contributed by atoms with Gasteiger partial charge in [-0.25, -0.2) is 0 Å². The lowest BCUT2D eigenvalue weighted by Gasteiger charge is -2.41. The van der Waals surface area contributed by atoms with Gasteiger partial charge < -0.3 is 14.4 Å². The Morgan fingerprint density at radius 2 is 2.04 bits per heavy atom. The summed E-state index contributed by atoms with van der Waals surface area (Å²) in [7, 11) is 1.33. The highest BCUT2D eigenvalue weighted by molar-refractivity contribution is 6.30. The predicted octanol–water partition coefficient (Wildman–Crippen LogP) is 3.40. The minimum Gasteiger partial charge on any atom is -0.469 e. The van der Waals surface area contributed by atoms with E-state index >= 15 is 0 Å². The van der Waals surface area contributed by atoms with Gasteiger partial charge in [-0.1, -0.05) is 23.7 Å². The topological polar surface area (TPSA) is 72.9 Å². The van der Waals surface area contributed by atoms with Crippen molar-refractivity contribution in [2.45, 2.75) is 45.4 Å². The van der Waals surface area contributed by atoms with Gasteiger partial charge in [-0.2, -0.15) is 0 Å². The molecular weight excluding hydrogens is 382 g/mol. The van der Waals surface area contributed by atoms with Crippen molar-refractivity contribution in [2.75, 3.05) is 26.8 Å². The van der Waals surface area contributed by atoms with Crippen LogP contribution < -0.4 is 0 Å². The number of hydrogen-bond acceptors (Lipinski definition) is 5. The molecule has 1 aromatic rings. The molecule has 154 valence electrons. The summed E-state index contributed by atoms with van der Waals surface area (Å²) in [6.45, 7) is 3.00. The van der Waals surface area contributed by atoms with Gasteiger partial charge in [-0.15, -0.1) is 0 Å². The molecule has 1 fully saturated rings. The zero-order valence-corrected chi connectivity index (χ0v) is 17.3. The summed E-state index contributed by atoms with van der Waals surface area (Å²) in [5.41, 5.74) is 0.164. The number of nitrogens with zero attached hydrogens (tertiary/aromatic N) is 1. The molecule has 1 aliphatic heterocycles. The van der Waals surface area contributed by atoms with Gasteiger partial charge in [0.25, 0.3) is 0 Å². The molecule has 0 spiro atoms. The monoisotopic (exact) mass is 409 g/mol. The minimum atomic E-state index is -0.781. The van der Waals surface area contributed by atoms with Crippen LogP contribution in [0, 0.1) is 5.41 Å². The summed E-state index contributed by atoms with van der Waals surface area (Å²) in [6.07, 6.45) is 2.75. The Balaban J connectivity index is 2.12. The van der Waals surface area contributed by atoms with E-state index in [1.54, 1.807) is 17.9 Å². The third-order valence-electron chi connectivity index (χ3n) is 5.07. The predicted molar refractivity (Wildman–Crippen MR) is 106 cm³/mol. The number of amides is 1. The molecule has 1 amide bonds. The van der Waals surface area contributed by atoms with Gasteiger partial charge >= 0.3 is 11.9 Å². The van der Waals surface area contributed by atoms with Crippen LogP contribution >= 0.6 is 11.6 Å². The second-order valence-corrected chi connectivity index (χ2v) is 7.59. The van der Waals surface area contributed by atoms with Gasteiger partial charge in [0.2, 0.25) is 5.91 Å².